The van der Waals surface area contributed by atoms with Gasteiger partial charge < -0.3 is 4.74 Å². The number of tetrazole rings is 1. The molecule has 1 fully saturated rings. The molecule has 7 heteroatoms. The first-order valence-corrected chi connectivity index (χ1v) is 10.8. The molecule has 162 valence electrons. The van der Waals surface area contributed by atoms with Gasteiger partial charge in [0.2, 0.25) is 0 Å². The van der Waals surface area contributed by atoms with E-state index < -0.39 is 11.6 Å². The minimum atomic E-state index is -0.642. The highest BCUT2D eigenvalue weighted by Gasteiger charge is 2.47. The lowest BCUT2D eigenvalue weighted by Gasteiger charge is -2.44. The van der Waals surface area contributed by atoms with E-state index in [1.807, 2.05) is 28.9 Å². The third kappa shape index (κ3) is 3.92. The zero-order valence-corrected chi connectivity index (χ0v) is 18.6. The molecule has 31 heavy (non-hydrogen) atoms. The van der Waals surface area contributed by atoms with Gasteiger partial charge in [0.15, 0.2) is 5.82 Å². The lowest BCUT2D eigenvalue weighted by Crippen LogP contribution is -2.51. The molecule has 1 saturated carbocycles. The van der Waals surface area contributed by atoms with Crippen LogP contribution in [0.25, 0.3) is 5.69 Å². The van der Waals surface area contributed by atoms with E-state index in [1.165, 1.54) is 0 Å². The molecule has 0 radical (unpaired) electrons. The number of aryl methyl sites for hydroxylation is 2. The molecule has 3 aromatic rings. The summed E-state index contributed by atoms with van der Waals surface area (Å²) in [5.41, 5.74) is 2.49. The zero-order valence-electron chi connectivity index (χ0n) is 18.6. The van der Waals surface area contributed by atoms with E-state index in [0.29, 0.717) is 17.5 Å². The van der Waals surface area contributed by atoms with Crippen molar-refractivity contribution in [3.63, 3.8) is 0 Å². The van der Waals surface area contributed by atoms with Gasteiger partial charge in [-0.2, -0.15) is 4.68 Å². The van der Waals surface area contributed by atoms with Gasteiger partial charge in [0, 0.05) is 7.05 Å². The molecule has 1 aromatic heterocycles. The fraction of sp³-hybridized carbons (Fsp3) is 0.417. The first-order valence-electron chi connectivity index (χ1n) is 10.8. The Bertz CT molecular complexity index is 1030. The molecule has 0 atom stereocenters. The molecule has 1 amide bonds. The lowest BCUT2D eigenvalue weighted by atomic mass is 9.75. The van der Waals surface area contributed by atoms with Gasteiger partial charge in [0.25, 0.3) is 0 Å². The molecular weight excluding hydrogens is 390 g/mol. The highest BCUT2D eigenvalue weighted by molar-refractivity contribution is 5.71. The van der Waals surface area contributed by atoms with Crippen molar-refractivity contribution in [1.29, 1.82) is 0 Å². The van der Waals surface area contributed by atoms with Crippen LogP contribution in [0.5, 0.6) is 5.75 Å². The van der Waals surface area contributed by atoms with Crippen molar-refractivity contribution >= 4 is 6.09 Å². The van der Waals surface area contributed by atoms with Crippen LogP contribution in [0.2, 0.25) is 0 Å². The van der Waals surface area contributed by atoms with E-state index in [0.717, 1.165) is 42.5 Å². The number of para-hydroxylation sites is 2. The first-order chi connectivity index (χ1) is 14.9. The summed E-state index contributed by atoms with van der Waals surface area (Å²) in [7, 11) is 1.80. The van der Waals surface area contributed by atoms with Gasteiger partial charge in [-0.05, 0) is 79.1 Å². The van der Waals surface area contributed by atoms with Gasteiger partial charge in [0.1, 0.15) is 11.3 Å². The standard InChI is InChI=1S/C24H29N5O2/c1-17-13-15-24(16-14-17,28(4)23(30)31-20-11-6-5-7-12-20)22-25-26-27-29(22)21-18(2)9-8-10-19(21)3/h5-12,17H,13-16H2,1-4H3. The maximum Gasteiger partial charge on any atom is 0.415 e. The lowest BCUT2D eigenvalue weighted by molar-refractivity contribution is 0.0514. The molecule has 0 spiro atoms. The molecule has 1 aliphatic carbocycles. The summed E-state index contributed by atoms with van der Waals surface area (Å²) in [6.45, 7) is 6.36. The van der Waals surface area contributed by atoms with Gasteiger partial charge in [-0.25, -0.2) is 4.79 Å². The van der Waals surface area contributed by atoms with E-state index in [2.05, 4.69) is 48.4 Å². The average Bonchev–Trinajstić information content (AvgIpc) is 3.24. The second-order valence-corrected chi connectivity index (χ2v) is 8.61. The maximum atomic E-state index is 13.2. The molecule has 0 saturated heterocycles. The first kappa shape index (κ1) is 21.0. The number of rotatable bonds is 4. The monoisotopic (exact) mass is 419 g/mol. The summed E-state index contributed by atoms with van der Waals surface area (Å²) in [5.74, 6) is 1.80. The molecule has 4 rings (SSSR count). The van der Waals surface area contributed by atoms with Gasteiger partial charge >= 0.3 is 6.09 Å². The summed E-state index contributed by atoms with van der Waals surface area (Å²) < 4.78 is 7.49. The van der Waals surface area contributed by atoms with Crippen LogP contribution in [-0.2, 0) is 5.54 Å². The maximum absolute atomic E-state index is 13.2. The number of aromatic nitrogens is 4. The number of hydrogen-bond acceptors (Lipinski definition) is 5. The van der Waals surface area contributed by atoms with Gasteiger partial charge in [-0.15, -0.1) is 5.10 Å². The highest BCUT2D eigenvalue weighted by atomic mass is 16.6. The number of amides is 1. The van der Waals surface area contributed by atoms with Crippen LogP contribution >= 0.6 is 0 Å². The molecule has 1 heterocycles. The minimum absolute atomic E-state index is 0.406. The van der Waals surface area contributed by atoms with Crippen molar-refractivity contribution in [1.82, 2.24) is 25.1 Å². The second kappa shape index (κ2) is 8.49. The van der Waals surface area contributed by atoms with Crippen LogP contribution in [0, 0.1) is 19.8 Å². The number of benzene rings is 2. The van der Waals surface area contributed by atoms with Crippen molar-refractivity contribution in [2.45, 2.75) is 52.0 Å². The minimum Gasteiger partial charge on any atom is -0.410 e. The summed E-state index contributed by atoms with van der Waals surface area (Å²) in [6, 6.07) is 15.3. The van der Waals surface area contributed by atoms with E-state index >= 15 is 0 Å². The summed E-state index contributed by atoms with van der Waals surface area (Å²) in [5, 5.41) is 12.8. The van der Waals surface area contributed by atoms with Crippen LogP contribution in [-0.4, -0.2) is 38.2 Å². The summed E-state index contributed by atoms with van der Waals surface area (Å²) >= 11 is 0. The van der Waals surface area contributed by atoms with Crippen molar-refractivity contribution in [2.75, 3.05) is 7.05 Å². The quantitative estimate of drug-likeness (QED) is 0.606. The molecule has 1 aliphatic rings. The van der Waals surface area contributed by atoms with E-state index in [-0.39, 0.29) is 0 Å². The van der Waals surface area contributed by atoms with Crippen LogP contribution in [0.4, 0.5) is 4.79 Å². The van der Waals surface area contributed by atoms with Crippen LogP contribution in [0.3, 0.4) is 0 Å². The Morgan fingerprint density at radius 2 is 1.71 bits per heavy atom. The van der Waals surface area contributed by atoms with Crippen LogP contribution < -0.4 is 4.74 Å². The fourth-order valence-electron chi connectivity index (χ4n) is 4.55. The van der Waals surface area contributed by atoms with Crippen molar-refractivity contribution in [3.8, 4) is 11.4 Å². The third-order valence-corrected chi connectivity index (χ3v) is 6.50. The Kier molecular flexibility index (Phi) is 5.76. The number of hydrogen-bond donors (Lipinski definition) is 0. The third-order valence-electron chi connectivity index (χ3n) is 6.50. The fourth-order valence-corrected chi connectivity index (χ4v) is 4.55. The predicted molar refractivity (Wildman–Crippen MR) is 118 cm³/mol. The predicted octanol–water partition coefficient (Wildman–Crippen LogP) is 4.82. The normalized spacial score (nSPS) is 21.0. The molecule has 0 unspecified atom stereocenters. The number of carbonyl (C=O) groups excluding carboxylic acids is 1. The molecule has 7 nitrogen and oxygen atoms in total. The van der Waals surface area contributed by atoms with Crippen LogP contribution in [0.15, 0.2) is 48.5 Å². The Morgan fingerprint density at radius 3 is 2.35 bits per heavy atom. The number of ether oxygens (including phenoxy) is 1. The molecule has 0 aliphatic heterocycles. The van der Waals surface area contributed by atoms with Crippen molar-refractivity contribution in [2.24, 2.45) is 5.92 Å². The van der Waals surface area contributed by atoms with Gasteiger partial charge in [-0.1, -0.05) is 43.3 Å². The molecular formula is C24H29N5O2. The summed E-state index contributed by atoms with van der Waals surface area (Å²) in [6.07, 6.45) is 3.13. The van der Waals surface area contributed by atoms with Crippen molar-refractivity contribution in [3.05, 3.63) is 65.5 Å². The highest BCUT2D eigenvalue weighted by Crippen LogP contribution is 2.43. The van der Waals surface area contributed by atoms with E-state index in [4.69, 9.17) is 4.74 Å². The Balaban J connectivity index is 1.76. The molecule has 0 N–H and O–H groups in total. The van der Waals surface area contributed by atoms with Crippen molar-refractivity contribution < 1.29 is 9.53 Å². The smallest absolute Gasteiger partial charge is 0.410 e. The van der Waals surface area contributed by atoms with Crippen LogP contribution in [0.1, 0.15) is 49.6 Å². The van der Waals surface area contributed by atoms with Gasteiger partial charge in [-0.3, -0.25) is 4.90 Å². The Labute approximate surface area is 183 Å². The average molecular weight is 420 g/mol. The second-order valence-electron chi connectivity index (χ2n) is 8.61. The number of carbonyl (C=O) groups is 1. The number of nitrogens with zero attached hydrogens (tertiary/aromatic N) is 5. The molecule has 0 bridgehead atoms. The summed E-state index contributed by atoms with van der Waals surface area (Å²) in [4.78, 5) is 14.9. The zero-order chi connectivity index (χ0) is 22.0. The van der Waals surface area contributed by atoms with E-state index in [9.17, 15) is 4.79 Å². The Hall–Kier alpha value is -3.22. The SMILES string of the molecule is Cc1cccc(C)c1-n1nnnc1C1(N(C)C(=O)Oc2ccccc2)CCC(C)CC1. The topological polar surface area (TPSA) is 73.1 Å². The van der Waals surface area contributed by atoms with E-state index in [1.54, 1.807) is 24.1 Å². The largest absolute Gasteiger partial charge is 0.415 e. The Morgan fingerprint density at radius 1 is 1.06 bits per heavy atom. The molecule has 2 aromatic carbocycles. The van der Waals surface area contributed by atoms with Gasteiger partial charge in [0.05, 0.1) is 5.69 Å².